The van der Waals surface area contributed by atoms with E-state index >= 15 is 0 Å². The molecule has 0 aliphatic carbocycles. The van der Waals surface area contributed by atoms with E-state index in [1.54, 1.807) is 25.3 Å². The normalized spacial score (nSPS) is 14.8. The molecular formula is C25H29ClN4O3. The number of carbonyl (C=O) groups excluding carboxylic acids is 1. The highest BCUT2D eigenvalue weighted by molar-refractivity contribution is 6.32. The summed E-state index contributed by atoms with van der Waals surface area (Å²) in [5.41, 5.74) is 2.78. The SMILES string of the molecule is CCCOc1c(Cl)cc(/C=C/C(=O)N2CCN(Cc3cn4ccccc4n3)CC2)cc1OC. The lowest BCUT2D eigenvalue weighted by atomic mass is 10.1. The molecule has 3 heterocycles. The van der Waals surface area contributed by atoms with Crippen molar-refractivity contribution in [2.24, 2.45) is 0 Å². The number of benzene rings is 1. The first kappa shape index (κ1) is 23.1. The summed E-state index contributed by atoms with van der Waals surface area (Å²) in [5, 5.41) is 0.468. The Hall–Kier alpha value is -3.03. The summed E-state index contributed by atoms with van der Waals surface area (Å²) in [4.78, 5) is 21.6. The fourth-order valence-corrected chi connectivity index (χ4v) is 4.15. The van der Waals surface area contributed by atoms with Gasteiger partial charge in [0.1, 0.15) is 5.65 Å². The maximum atomic E-state index is 12.7. The average Bonchev–Trinajstić information content (AvgIpc) is 3.24. The molecule has 3 aromatic rings. The number of amides is 1. The summed E-state index contributed by atoms with van der Waals surface area (Å²) >= 11 is 6.38. The number of rotatable bonds is 8. The molecule has 0 unspecified atom stereocenters. The molecule has 1 aromatic carbocycles. The topological polar surface area (TPSA) is 59.3 Å². The number of fused-ring (bicyclic) bond motifs is 1. The van der Waals surface area contributed by atoms with Gasteiger partial charge in [0.25, 0.3) is 0 Å². The third kappa shape index (κ3) is 5.67. The standard InChI is InChI=1S/C25H29ClN4O3/c1-3-14-33-25-21(26)15-19(16-22(25)32-2)7-8-24(31)29-12-10-28(11-13-29)17-20-18-30-9-5-4-6-23(30)27-20/h4-9,15-16,18H,3,10-14,17H2,1-2H3/b8-7+. The average molecular weight is 469 g/mol. The van der Waals surface area contributed by atoms with Gasteiger partial charge in [0, 0.05) is 51.2 Å². The molecule has 0 N–H and O–H groups in total. The number of imidazole rings is 1. The van der Waals surface area contributed by atoms with Crippen molar-refractivity contribution in [2.75, 3.05) is 39.9 Å². The number of ether oxygens (including phenoxy) is 2. The van der Waals surface area contributed by atoms with Crippen LogP contribution in [0.25, 0.3) is 11.7 Å². The van der Waals surface area contributed by atoms with Crippen LogP contribution in [-0.4, -0.2) is 65.0 Å². The molecule has 0 radical (unpaired) electrons. The van der Waals surface area contributed by atoms with E-state index in [-0.39, 0.29) is 5.91 Å². The van der Waals surface area contributed by atoms with Crippen LogP contribution < -0.4 is 9.47 Å². The summed E-state index contributed by atoms with van der Waals surface area (Å²) in [6, 6.07) is 9.59. The highest BCUT2D eigenvalue weighted by atomic mass is 35.5. The first-order valence-electron chi connectivity index (χ1n) is 11.2. The number of pyridine rings is 1. The maximum Gasteiger partial charge on any atom is 0.246 e. The lowest BCUT2D eigenvalue weighted by molar-refractivity contribution is -0.127. The Bertz CT molecular complexity index is 1100. The molecular weight excluding hydrogens is 440 g/mol. The van der Waals surface area contributed by atoms with Crippen molar-refractivity contribution in [3.63, 3.8) is 0 Å². The van der Waals surface area contributed by atoms with Crippen molar-refractivity contribution < 1.29 is 14.3 Å². The molecule has 1 saturated heterocycles. The van der Waals surface area contributed by atoms with Crippen LogP contribution in [0.15, 0.2) is 48.8 Å². The molecule has 0 bridgehead atoms. The molecule has 1 aliphatic heterocycles. The number of aromatic nitrogens is 2. The predicted octanol–water partition coefficient (Wildman–Crippen LogP) is 4.14. The number of nitrogens with zero attached hydrogens (tertiary/aromatic N) is 4. The lowest BCUT2D eigenvalue weighted by Gasteiger charge is -2.33. The summed E-state index contributed by atoms with van der Waals surface area (Å²) in [7, 11) is 1.58. The first-order chi connectivity index (χ1) is 16.1. The second-order valence-electron chi connectivity index (χ2n) is 8.02. The Morgan fingerprint density at radius 2 is 2.03 bits per heavy atom. The Kier molecular flexibility index (Phi) is 7.52. The molecule has 1 aliphatic rings. The largest absolute Gasteiger partial charge is 0.493 e. The van der Waals surface area contributed by atoms with Crippen molar-refractivity contribution >= 4 is 29.2 Å². The molecule has 174 valence electrons. The minimum atomic E-state index is -0.0104. The van der Waals surface area contributed by atoms with E-state index in [0.29, 0.717) is 36.2 Å². The van der Waals surface area contributed by atoms with Crippen LogP contribution >= 0.6 is 11.6 Å². The van der Waals surface area contributed by atoms with Crippen LogP contribution in [0.3, 0.4) is 0 Å². The first-order valence-corrected chi connectivity index (χ1v) is 11.6. The second-order valence-corrected chi connectivity index (χ2v) is 8.42. The zero-order valence-electron chi connectivity index (χ0n) is 19.0. The summed E-state index contributed by atoms with van der Waals surface area (Å²) in [6.45, 7) is 6.38. The third-order valence-electron chi connectivity index (χ3n) is 5.60. The molecule has 7 nitrogen and oxygen atoms in total. The van der Waals surface area contributed by atoms with Crippen molar-refractivity contribution in [3.8, 4) is 11.5 Å². The highest BCUT2D eigenvalue weighted by Gasteiger charge is 2.20. The van der Waals surface area contributed by atoms with Crippen LogP contribution in [0.2, 0.25) is 5.02 Å². The quantitative estimate of drug-likeness (QED) is 0.465. The fraction of sp³-hybridized carbons (Fsp3) is 0.360. The van der Waals surface area contributed by atoms with Gasteiger partial charge in [-0.05, 0) is 42.3 Å². The molecule has 0 saturated carbocycles. The van der Waals surface area contributed by atoms with E-state index < -0.39 is 0 Å². The van der Waals surface area contributed by atoms with Crippen LogP contribution in [0.5, 0.6) is 11.5 Å². The third-order valence-corrected chi connectivity index (χ3v) is 5.88. The minimum Gasteiger partial charge on any atom is -0.493 e. The molecule has 0 spiro atoms. The van der Waals surface area contributed by atoms with Gasteiger partial charge in [0.15, 0.2) is 11.5 Å². The Balaban J connectivity index is 1.32. The van der Waals surface area contributed by atoms with Crippen LogP contribution in [-0.2, 0) is 11.3 Å². The molecule has 8 heteroatoms. The number of methoxy groups -OCH3 is 1. The summed E-state index contributed by atoms with van der Waals surface area (Å²) < 4.78 is 13.1. The minimum absolute atomic E-state index is 0.0104. The Labute approximate surface area is 199 Å². The van der Waals surface area contributed by atoms with E-state index in [1.807, 2.05) is 46.7 Å². The summed E-state index contributed by atoms with van der Waals surface area (Å²) in [6.07, 6.45) is 8.30. The molecule has 1 fully saturated rings. The monoisotopic (exact) mass is 468 g/mol. The molecule has 4 rings (SSSR count). The second kappa shape index (κ2) is 10.7. The fourth-order valence-electron chi connectivity index (χ4n) is 3.87. The van der Waals surface area contributed by atoms with Crippen LogP contribution in [0.4, 0.5) is 0 Å². The highest BCUT2D eigenvalue weighted by Crippen LogP contribution is 2.36. The van der Waals surface area contributed by atoms with Crippen LogP contribution in [0, 0.1) is 0 Å². The van der Waals surface area contributed by atoms with Crippen molar-refractivity contribution in [3.05, 3.63) is 65.1 Å². The maximum absolute atomic E-state index is 12.7. The molecule has 1 amide bonds. The van der Waals surface area contributed by atoms with Crippen molar-refractivity contribution in [1.29, 1.82) is 0 Å². The van der Waals surface area contributed by atoms with Gasteiger partial charge in [0.05, 0.1) is 24.4 Å². The van der Waals surface area contributed by atoms with Gasteiger partial charge < -0.3 is 18.8 Å². The smallest absolute Gasteiger partial charge is 0.246 e. The van der Waals surface area contributed by atoms with Crippen molar-refractivity contribution in [2.45, 2.75) is 19.9 Å². The number of halogens is 1. The predicted molar refractivity (Wildman–Crippen MR) is 130 cm³/mol. The zero-order chi connectivity index (χ0) is 23.2. The lowest BCUT2D eigenvalue weighted by Crippen LogP contribution is -2.47. The van der Waals surface area contributed by atoms with Gasteiger partial charge in [-0.15, -0.1) is 0 Å². The number of hydrogen-bond acceptors (Lipinski definition) is 5. The van der Waals surface area contributed by atoms with E-state index in [1.165, 1.54) is 0 Å². The van der Waals surface area contributed by atoms with E-state index in [4.69, 9.17) is 21.1 Å². The van der Waals surface area contributed by atoms with Crippen molar-refractivity contribution in [1.82, 2.24) is 19.2 Å². The Morgan fingerprint density at radius 1 is 1.21 bits per heavy atom. The molecule has 2 aromatic heterocycles. The molecule has 0 atom stereocenters. The van der Waals surface area contributed by atoms with Gasteiger partial charge in [-0.25, -0.2) is 4.98 Å². The van der Waals surface area contributed by atoms with Gasteiger partial charge in [-0.1, -0.05) is 24.6 Å². The number of piperazine rings is 1. The Morgan fingerprint density at radius 3 is 2.76 bits per heavy atom. The van der Waals surface area contributed by atoms with Gasteiger partial charge in [-0.3, -0.25) is 9.69 Å². The number of hydrogen-bond donors (Lipinski definition) is 0. The number of carbonyl (C=O) groups is 1. The summed E-state index contributed by atoms with van der Waals surface area (Å²) in [5.74, 6) is 1.08. The van der Waals surface area contributed by atoms with Crippen LogP contribution in [0.1, 0.15) is 24.6 Å². The van der Waals surface area contributed by atoms with E-state index in [2.05, 4.69) is 16.1 Å². The van der Waals surface area contributed by atoms with Gasteiger partial charge in [-0.2, -0.15) is 0 Å². The zero-order valence-corrected chi connectivity index (χ0v) is 19.8. The van der Waals surface area contributed by atoms with Gasteiger partial charge >= 0.3 is 0 Å². The van der Waals surface area contributed by atoms with E-state index in [9.17, 15) is 4.79 Å². The van der Waals surface area contributed by atoms with E-state index in [0.717, 1.165) is 43.0 Å². The van der Waals surface area contributed by atoms with Gasteiger partial charge in [0.2, 0.25) is 5.91 Å². The molecule has 33 heavy (non-hydrogen) atoms.